The van der Waals surface area contributed by atoms with Gasteiger partial charge in [-0.25, -0.2) is 4.79 Å². The molecule has 0 aliphatic carbocycles. The standard InChI is InChI=1S/C31H31NO7/c1-20-28(34)23-12-8-13-24(30(23)39-29(20)21-10-6-5-7-11-21)31(35)38-17-9-16-32(2)19-25(33)22-14-15-26(36-3)27(18-22)37-4/h5-8,10-15,18H,9,16-17,19H2,1-4H3. The lowest BCUT2D eigenvalue weighted by molar-refractivity contribution is 0.0490. The van der Waals surface area contributed by atoms with Gasteiger partial charge in [0.2, 0.25) is 0 Å². The molecular weight excluding hydrogens is 498 g/mol. The minimum absolute atomic E-state index is 0.0641. The van der Waals surface area contributed by atoms with Crippen LogP contribution in [0, 0.1) is 6.92 Å². The number of likely N-dealkylation sites (N-methyl/N-ethyl adjacent to an activating group) is 1. The second-order valence-corrected chi connectivity index (χ2v) is 9.15. The molecule has 0 spiro atoms. The van der Waals surface area contributed by atoms with Crippen molar-refractivity contribution in [1.29, 1.82) is 0 Å². The lowest BCUT2D eigenvalue weighted by atomic mass is 10.0. The molecule has 8 heteroatoms. The van der Waals surface area contributed by atoms with Crippen LogP contribution in [0.1, 0.15) is 32.7 Å². The maximum Gasteiger partial charge on any atom is 0.341 e. The minimum Gasteiger partial charge on any atom is -0.493 e. The van der Waals surface area contributed by atoms with Crippen molar-refractivity contribution >= 4 is 22.7 Å². The van der Waals surface area contributed by atoms with Gasteiger partial charge in [-0.2, -0.15) is 0 Å². The Labute approximate surface area is 226 Å². The van der Waals surface area contributed by atoms with Crippen LogP contribution in [0.5, 0.6) is 11.5 Å². The van der Waals surface area contributed by atoms with Gasteiger partial charge in [-0.05, 0) is 50.7 Å². The summed E-state index contributed by atoms with van der Waals surface area (Å²) in [6.45, 7) is 2.59. The lowest BCUT2D eigenvalue weighted by Gasteiger charge is -2.16. The molecule has 0 aliphatic heterocycles. The van der Waals surface area contributed by atoms with Crippen molar-refractivity contribution in [2.45, 2.75) is 13.3 Å². The second-order valence-electron chi connectivity index (χ2n) is 9.15. The van der Waals surface area contributed by atoms with E-state index in [1.54, 1.807) is 50.4 Å². The summed E-state index contributed by atoms with van der Waals surface area (Å²) in [7, 11) is 4.89. The van der Waals surface area contributed by atoms with Gasteiger partial charge in [-0.3, -0.25) is 14.5 Å². The van der Waals surface area contributed by atoms with E-state index in [0.717, 1.165) is 5.56 Å². The highest BCUT2D eigenvalue weighted by Crippen LogP contribution is 2.29. The third kappa shape index (κ3) is 6.18. The van der Waals surface area contributed by atoms with E-state index in [0.29, 0.717) is 46.7 Å². The molecule has 0 saturated carbocycles. The number of benzene rings is 3. The van der Waals surface area contributed by atoms with Gasteiger partial charge in [0.1, 0.15) is 11.3 Å². The Morgan fingerprint density at radius 3 is 2.38 bits per heavy atom. The average Bonchev–Trinajstić information content (AvgIpc) is 2.96. The monoisotopic (exact) mass is 529 g/mol. The predicted molar refractivity (Wildman–Crippen MR) is 149 cm³/mol. The number of ketones is 1. The summed E-state index contributed by atoms with van der Waals surface area (Å²) < 4.78 is 22.1. The summed E-state index contributed by atoms with van der Waals surface area (Å²) in [5.74, 6) is 0.838. The number of rotatable bonds is 11. The number of methoxy groups -OCH3 is 2. The topological polar surface area (TPSA) is 95.3 Å². The predicted octanol–water partition coefficient (Wildman–Crippen LogP) is 5.15. The third-order valence-electron chi connectivity index (χ3n) is 6.44. The van der Waals surface area contributed by atoms with Crippen LogP contribution in [0.15, 0.2) is 75.9 Å². The first-order chi connectivity index (χ1) is 18.8. The van der Waals surface area contributed by atoms with Crippen LogP contribution in [0.3, 0.4) is 0 Å². The van der Waals surface area contributed by atoms with E-state index in [2.05, 4.69) is 0 Å². The molecule has 0 bridgehead atoms. The van der Waals surface area contributed by atoms with E-state index >= 15 is 0 Å². The summed E-state index contributed by atoms with van der Waals surface area (Å²) in [6, 6.07) is 19.2. The molecule has 202 valence electrons. The Morgan fingerprint density at radius 2 is 1.67 bits per heavy atom. The number of para-hydroxylation sites is 1. The zero-order valence-electron chi connectivity index (χ0n) is 22.5. The molecule has 3 aromatic carbocycles. The molecule has 0 aliphatic rings. The summed E-state index contributed by atoms with van der Waals surface area (Å²) in [4.78, 5) is 40.5. The maximum atomic E-state index is 13.0. The Balaban J connectivity index is 1.38. The average molecular weight is 530 g/mol. The van der Waals surface area contributed by atoms with E-state index in [9.17, 15) is 14.4 Å². The molecule has 8 nitrogen and oxygen atoms in total. The molecule has 0 amide bonds. The van der Waals surface area contributed by atoms with Gasteiger partial charge in [0.25, 0.3) is 0 Å². The van der Waals surface area contributed by atoms with E-state index < -0.39 is 5.97 Å². The molecule has 1 aromatic heterocycles. The van der Waals surface area contributed by atoms with E-state index in [1.165, 1.54) is 7.11 Å². The van der Waals surface area contributed by atoms with Gasteiger partial charge >= 0.3 is 5.97 Å². The van der Waals surface area contributed by atoms with Gasteiger partial charge in [0.15, 0.2) is 28.3 Å². The molecule has 1 heterocycles. The highest BCUT2D eigenvalue weighted by molar-refractivity contribution is 6.02. The van der Waals surface area contributed by atoms with Gasteiger partial charge in [0.05, 0.1) is 32.8 Å². The van der Waals surface area contributed by atoms with Crippen molar-refractivity contribution in [3.63, 3.8) is 0 Å². The van der Waals surface area contributed by atoms with Crippen molar-refractivity contribution in [1.82, 2.24) is 4.90 Å². The van der Waals surface area contributed by atoms with Crippen LogP contribution < -0.4 is 14.9 Å². The van der Waals surface area contributed by atoms with Crippen molar-refractivity contribution in [3.05, 3.63) is 93.6 Å². The van der Waals surface area contributed by atoms with E-state index in [4.69, 9.17) is 18.6 Å². The fraction of sp³-hybridized carbons (Fsp3) is 0.258. The van der Waals surface area contributed by atoms with Crippen LogP contribution in [0.4, 0.5) is 0 Å². The van der Waals surface area contributed by atoms with Gasteiger partial charge in [-0.1, -0.05) is 36.4 Å². The Morgan fingerprint density at radius 1 is 0.923 bits per heavy atom. The van der Waals surface area contributed by atoms with Crippen LogP contribution >= 0.6 is 0 Å². The van der Waals surface area contributed by atoms with Crippen molar-refractivity contribution in [3.8, 4) is 22.8 Å². The highest BCUT2D eigenvalue weighted by Gasteiger charge is 2.19. The van der Waals surface area contributed by atoms with E-state index in [1.807, 2.05) is 42.3 Å². The number of Topliss-reactive ketones (excluding diaryl/α,β-unsaturated/α-hetero) is 1. The normalized spacial score (nSPS) is 11.0. The first-order valence-corrected chi connectivity index (χ1v) is 12.6. The Kier molecular flexibility index (Phi) is 8.78. The zero-order valence-corrected chi connectivity index (χ0v) is 22.5. The quantitative estimate of drug-likeness (QED) is 0.150. The molecule has 0 saturated heterocycles. The number of ether oxygens (including phenoxy) is 3. The molecule has 0 atom stereocenters. The fourth-order valence-corrected chi connectivity index (χ4v) is 4.34. The minimum atomic E-state index is -0.573. The number of hydrogen-bond acceptors (Lipinski definition) is 8. The molecule has 39 heavy (non-hydrogen) atoms. The van der Waals surface area contributed by atoms with Crippen LogP contribution in [-0.2, 0) is 4.74 Å². The number of carbonyl (C=O) groups excluding carboxylic acids is 2. The van der Waals surface area contributed by atoms with Gasteiger partial charge in [-0.15, -0.1) is 0 Å². The number of esters is 1. The van der Waals surface area contributed by atoms with Gasteiger partial charge < -0.3 is 18.6 Å². The zero-order chi connectivity index (χ0) is 27.9. The van der Waals surface area contributed by atoms with Crippen LogP contribution in [-0.4, -0.2) is 57.6 Å². The Bertz CT molecular complexity index is 1540. The molecular formula is C31H31NO7. The first-order valence-electron chi connectivity index (χ1n) is 12.6. The highest BCUT2D eigenvalue weighted by atomic mass is 16.5. The smallest absolute Gasteiger partial charge is 0.341 e. The van der Waals surface area contributed by atoms with Crippen LogP contribution in [0.2, 0.25) is 0 Å². The number of nitrogens with zero attached hydrogens (tertiary/aromatic N) is 1. The SMILES string of the molecule is COc1ccc(C(=O)CN(C)CCCOC(=O)c2cccc3c(=O)c(C)c(-c4ccccc4)oc23)cc1OC. The molecule has 0 unspecified atom stereocenters. The number of carbonyl (C=O) groups is 2. The van der Waals surface area contributed by atoms with Crippen LogP contribution in [0.25, 0.3) is 22.3 Å². The lowest BCUT2D eigenvalue weighted by Crippen LogP contribution is -2.28. The molecule has 4 aromatic rings. The number of fused-ring (bicyclic) bond motifs is 1. The maximum absolute atomic E-state index is 13.0. The van der Waals surface area contributed by atoms with Crippen molar-refractivity contribution in [2.75, 3.05) is 41.0 Å². The second kappa shape index (κ2) is 12.4. The van der Waals surface area contributed by atoms with Crippen molar-refractivity contribution < 1.29 is 28.2 Å². The summed E-state index contributed by atoms with van der Waals surface area (Å²) in [6.07, 6.45) is 0.518. The summed E-state index contributed by atoms with van der Waals surface area (Å²) in [5.41, 5.74) is 1.96. The third-order valence-corrected chi connectivity index (χ3v) is 6.44. The summed E-state index contributed by atoms with van der Waals surface area (Å²) in [5, 5.41) is 0.329. The number of hydrogen-bond donors (Lipinski definition) is 0. The molecule has 4 rings (SSSR count). The summed E-state index contributed by atoms with van der Waals surface area (Å²) >= 11 is 0. The Hall–Kier alpha value is -4.43. The van der Waals surface area contributed by atoms with Gasteiger partial charge in [0, 0.05) is 23.2 Å². The fourth-order valence-electron chi connectivity index (χ4n) is 4.34. The molecule has 0 radical (unpaired) electrons. The van der Waals surface area contributed by atoms with Crippen molar-refractivity contribution in [2.24, 2.45) is 0 Å². The largest absolute Gasteiger partial charge is 0.493 e. The first kappa shape index (κ1) is 27.6. The molecule has 0 N–H and O–H groups in total. The van der Waals surface area contributed by atoms with E-state index in [-0.39, 0.29) is 35.5 Å². The molecule has 0 fully saturated rings.